The summed E-state index contributed by atoms with van der Waals surface area (Å²) >= 11 is 0. The number of esters is 1. The number of nitrogens with one attached hydrogen (secondary N) is 1. The van der Waals surface area contributed by atoms with E-state index in [1.807, 2.05) is 42.5 Å². The summed E-state index contributed by atoms with van der Waals surface area (Å²) in [5.41, 5.74) is 9.18. The molecule has 4 rings (SSSR count). The highest BCUT2D eigenvalue weighted by Gasteiger charge is 2.13. The van der Waals surface area contributed by atoms with Crippen LogP contribution in [0.5, 0.6) is 5.75 Å². The van der Waals surface area contributed by atoms with Crippen molar-refractivity contribution in [2.45, 2.75) is 25.9 Å². The summed E-state index contributed by atoms with van der Waals surface area (Å²) in [4.78, 5) is 24.3. The molecule has 3 aromatic rings. The van der Waals surface area contributed by atoms with E-state index in [1.54, 1.807) is 0 Å². The van der Waals surface area contributed by atoms with E-state index in [0.29, 0.717) is 5.75 Å². The summed E-state index contributed by atoms with van der Waals surface area (Å²) in [6, 6.07) is 15.3. The highest BCUT2D eigenvalue weighted by atomic mass is 16.6. The summed E-state index contributed by atoms with van der Waals surface area (Å²) in [5.74, 6) is 0.730. The van der Waals surface area contributed by atoms with Crippen molar-refractivity contribution in [2.24, 2.45) is 0 Å². The molecule has 0 spiro atoms. The van der Waals surface area contributed by atoms with E-state index >= 15 is 0 Å². The van der Waals surface area contributed by atoms with Gasteiger partial charge in [-0.3, -0.25) is 0 Å². The Labute approximate surface area is 168 Å². The number of aromatic nitrogens is 3. The van der Waals surface area contributed by atoms with Crippen LogP contribution in [0.15, 0.2) is 48.5 Å². The average Bonchev–Trinajstić information content (AvgIpc) is 3.19. The second-order valence-corrected chi connectivity index (χ2v) is 6.66. The predicted molar refractivity (Wildman–Crippen MR) is 108 cm³/mol. The molecule has 0 saturated carbocycles. The second-order valence-electron chi connectivity index (χ2n) is 6.66. The quantitative estimate of drug-likeness (QED) is 0.591. The third-order valence-corrected chi connectivity index (χ3v) is 4.52. The lowest BCUT2D eigenvalue weighted by molar-refractivity contribution is -0.147. The number of ether oxygens (including phenoxy) is 2. The molecule has 1 heterocycles. The Morgan fingerprint density at radius 1 is 1.03 bits per heavy atom. The van der Waals surface area contributed by atoms with Gasteiger partial charge in [-0.05, 0) is 54.7 Å². The summed E-state index contributed by atoms with van der Waals surface area (Å²) in [6.07, 6.45) is 3.32. The predicted octanol–water partition coefficient (Wildman–Crippen LogP) is 2.81. The van der Waals surface area contributed by atoms with Gasteiger partial charge < -0.3 is 20.5 Å². The van der Waals surface area contributed by atoms with Gasteiger partial charge in [0.1, 0.15) is 5.75 Å². The maximum absolute atomic E-state index is 12.0. The fraction of sp³-hybridized carbons (Fsp3) is 0.238. The average molecular weight is 391 g/mol. The lowest BCUT2D eigenvalue weighted by Gasteiger charge is -2.09. The number of hydrogen-bond acceptors (Lipinski definition) is 8. The Morgan fingerprint density at radius 3 is 2.72 bits per heavy atom. The molecular weight excluding hydrogens is 370 g/mol. The van der Waals surface area contributed by atoms with Crippen molar-refractivity contribution in [3.05, 3.63) is 65.5 Å². The molecule has 1 aromatic heterocycles. The molecule has 1 aliphatic rings. The van der Waals surface area contributed by atoms with E-state index in [1.165, 1.54) is 11.1 Å². The van der Waals surface area contributed by atoms with Gasteiger partial charge in [-0.2, -0.15) is 15.0 Å². The zero-order valence-corrected chi connectivity index (χ0v) is 15.8. The highest BCUT2D eigenvalue weighted by molar-refractivity contribution is 5.71. The van der Waals surface area contributed by atoms with Crippen LogP contribution < -0.4 is 15.8 Å². The third kappa shape index (κ3) is 4.98. The molecule has 0 atom stereocenters. The third-order valence-electron chi connectivity index (χ3n) is 4.52. The Balaban J connectivity index is 1.30. The Bertz CT molecular complexity index is 1010. The molecule has 0 saturated heterocycles. The van der Waals surface area contributed by atoms with Crippen molar-refractivity contribution in [3.63, 3.8) is 0 Å². The first-order valence-electron chi connectivity index (χ1n) is 9.38. The van der Waals surface area contributed by atoms with Crippen LogP contribution in [-0.2, 0) is 29.0 Å². The van der Waals surface area contributed by atoms with Crippen LogP contribution in [-0.4, -0.2) is 27.5 Å². The van der Waals surface area contributed by atoms with Gasteiger partial charge in [-0.25, -0.2) is 4.79 Å². The van der Waals surface area contributed by atoms with E-state index in [4.69, 9.17) is 15.2 Å². The number of nitrogens with zero attached hydrogens (tertiary/aromatic N) is 3. The minimum Gasteiger partial charge on any atom is -0.482 e. The summed E-state index contributed by atoms with van der Waals surface area (Å²) in [7, 11) is 0. The fourth-order valence-electron chi connectivity index (χ4n) is 3.18. The number of benzene rings is 2. The molecule has 0 aliphatic heterocycles. The van der Waals surface area contributed by atoms with Gasteiger partial charge in [-0.15, -0.1) is 0 Å². The van der Waals surface area contributed by atoms with Gasteiger partial charge >= 0.3 is 5.97 Å². The standard InChI is InChI=1S/C21H21N5O3/c22-20-24-18(25-21(26-20)23-16-7-2-1-3-8-16)12-29-19(27)13-28-17-10-9-14-5-4-6-15(14)11-17/h1-3,7-11H,4-6,12-13H2,(H3,22,23,24,25,26). The van der Waals surface area contributed by atoms with Crippen molar-refractivity contribution in [1.82, 2.24) is 15.0 Å². The van der Waals surface area contributed by atoms with Crippen molar-refractivity contribution >= 4 is 23.6 Å². The first-order chi connectivity index (χ1) is 14.2. The minimum absolute atomic E-state index is 0.0406. The van der Waals surface area contributed by atoms with Gasteiger partial charge in [0, 0.05) is 5.69 Å². The molecule has 0 amide bonds. The lowest BCUT2D eigenvalue weighted by Crippen LogP contribution is -2.16. The number of nitrogens with two attached hydrogens (primary N) is 1. The van der Waals surface area contributed by atoms with Crippen LogP contribution in [0.1, 0.15) is 23.4 Å². The Morgan fingerprint density at radius 2 is 1.86 bits per heavy atom. The largest absolute Gasteiger partial charge is 0.482 e. The fourth-order valence-corrected chi connectivity index (χ4v) is 3.18. The van der Waals surface area contributed by atoms with E-state index in [-0.39, 0.29) is 30.9 Å². The first kappa shape index (κ1) is 18.7. The smallest absolute Gasteiger partial charge is 0.344 e. The Kier molecular flexibility index (Phi) is 5.51. The van der Waals surface area contributed by atoms with Gasteiger partial charge in [0.15, 0.2) is 19.0 Å². The molecule has 2 aromatic carbocycles. The molecule has 3 N–H and O–H groups in total. The lowest BCUT2D eigenvalue weighted by atomic mass is 10.1. The highest BCUT2D eigenvalue weighted by Crippen LogP contribution is 2.26. The van der Waals surface area contributed by atoms with Crippen LogP contribution in [0.4, 0.5) is 17.6 Å². The second kappa shape index (κ2) is 8.55. The topological polar surface area (TPSA) is 112 Å². The van der Waals surface area contributed by atoms with Crippen molar-refractivity contribution in [2.75, 3.05) is 17.7 Å². The van der Waals surface area contributed by atoms with Gasteiger partial charge in [0.05, 0.1) is 0 Å². The molecule has 0 fully saturated rings. The number of fused-ring (bicyclic) bond motifs is 1. The number of carbonyl (C=O) groups is 1. The van der Waals surface area contributed by atoms with Crippen molar-refractivity contribution < 1.29 is 14.3 Å². The van der Waals surface area contributed by atoms with E-state index < -0.39 is 5.97 Å². The SMILES string of the molecule is Nc1nc(COC(=O)COc2ccc3c(c2)CCC3)nc(Nc2ccccc2)n1. The monoisotopic (exact) mass is 391 g/mol. The summed E-state index contributed by atoms with van der Waals surface area (Å²) < 4.78 is 10.7. The van der Waals surface area contributed by atoms with Crippen LogP contribution in [0.25, 0.3) is 0 Å². The number of carbonyl (C=O) groups excluding carboxylic acids is 1. The molecule has 8 nitrogen and oxygen atoms in total. The molecule has 0 radical (unpaired) electrons. The number of para-hydroxylation sites is 1. The number of anilines is 3. The number of rotatable bonds is 7. The molecule has 29 heavy (non-hydrogen) atoms. The summed E-state index contributed by atoms with van der Waals surface area (Å²) in [5, 5.41) is 3.03. The molecular formula is C21H21N5O3. The Hall–Kier alpha value is -3.68. The molecule has 148 valence electrons. The maximum atomic E-state index is 12.0. The number of nitrogen functional groups attached to an aromatic ring is 1. The van der Waals surface area contributed by atoms with Crippen molar-refractivity contribution in [3.8, 4) is 5.75 Å². The molecule has 1 aliphatic carbocycles. The minimum atomic E-state index is -0.512. The first-order valence-corrected chi connectivity index (χ1v) is 9.38. The van der Waals surface area contributed by atoms with E-state index in [9.17, 15) is 4.79 Å². The van der Waals surface area contributed by atoms with Gasteiger partial charge in [0.2, 0.25) is 11.9 Å². The number of aryl methyl sites for hydroxylation is 2. The molecule has 0 unspecified atom stereocenters. The zero-order valence-electron chi connectivity index (χ0n) is 15.8. The maximum Gasteiger partial charge on any atom is 0.344 e. The zero-order chi connectivity index (χ0) is 20.1. The van der Waals surface area contributed by atoms with Crippen LogP contribution in [0.3, 0.4) is 0 Å². The molecule has 0 bridgehead atoms. The van der Waals surface area contributed by atoms with Crippen LogP contribution in [0.2, 0.25) is 0 Å². The van der Waals surface area contributed by atoms with Gasteiger partial charge in [-0.1, -0.05) is 24.3 Å². The summed E-state index contributed by atoms with van der Waals surface area (Å²) in [6.45, 7) is -0.308. The van der Waals surface area contributed by atoms with Gasteiger partial charge in [0.25, 0.3) is 0 Å². The van der Waals surface area contributed by atoms with Crippen LogP contribution in [0, 0.1) is 0 Å². The van der Waals surface area contributed by atoms with Crippen LogP contribution >= 0.6 is 0 Å². The molecule has 8 heteroatoms. The van der Waals surface area contributed by atoms with E-state index in [0.717, 1.165) is 24.9 Å². The number of hydrogen-bond donors (Lipinski definition) is 2. The normalized spacial score (nSPS) is 12.3. The van der Waals surface area contributed by atoms with Crippen molar-refractivity contribution in [1.29, 1.82) is 0 Å². The van der Waals surface area contributed by atoms with E-state index in [2.05, 4.69) is 26.3 Å².